The molecule has 1 fully saturated rings. The molecule has 0 aromatic heterocycles. The number of rotatable bonds is 5. The maximum atomic E-state index is 13.6. The standard InChI is InChI=1S/C23H25ClN2O3.ClH/c1-25-17-8-9-18(25)13-20(12-17)26(23(27)15-4-6-16(24)7-5-15)19-10-11-21(28-2)22(14-19)29-3;/h4-7,10-12,14,17-18H,8-9,13H2,1-3H3;1H. The zero-order valence-corrected chi connectivity index (χ0v) is 18.9. The Kier molecular flexibility index (Phi) is 6.96. The van der Waals surface area contributed by atoms with Crippen LogP contribution in [0.5, 0.6) is 11.5 Å². The molecule has 30 heavy (non-hydrogen) atoms. The van der Waals surface area contributed by atoms with Gasteiger partial charge in [-0.05, 0) is 62.4 Å². The van der Waals surface area contributed by atoms with Crippen molar-refractivity contribution in [2.45, 2.75) is 31.3 Å². The van der Waals surface area contributed by atoms with Gasteiger partial charge in [-0.1, -0.05) is 11.6 Å². The average Bonchev–Trinajstić information content (AvgIpc) is 2.94. The van der Waals surface area contributed by atoms with Crippen molar-refractivity contribution < 1.29 is 14.3 Å². The molecule has 2 atom stereocenters. The SMILES string of the molecule is COc1ccc(N(C(=O)c2ccc(Cl)cc2)C2=CC3CCC(C2)N3C)cc1OC.Cl. The normalized spacial score (nSPS) is 20.2. The molecule has 2 unspecified atom stereocenters. The molecule has 0 spiro atoms. The largest absolute Gasteiger partial charge is 0.493 e. The number of anilines is 1. The summed E-state index contributed by atoms with van der Waals surface area (Å²) in [5.41, 5.74) is 2.39. The highest BCUT2D eigenvalue weighted by Gasteiger charge is 2.37. The number of hydrogen-bond donors (Lipinski definition) is 0. The second-order valence-electron chi connectivity index (χ2n) is 7.51. The Morgan fingerprint density at radius 3 is 2.40 bits per heavy atom. The van der Waals surface area contributed by atoms with Gasteiger partial charge < -0.3 is 9.47 Å². The van der Waals surface area contributed by atoms with Crippen molar-refractivity contribution in [1.82, 2.24) is 4.90 Å². The molecule has 2 aromatic carbocycles. The lowest BCUT2D eigenvalue weighted by atomic mass is 10.0. The van der Waals surface area contributed by atoms with Crippen LogP contribution in [0.3, 0.4) is 0 Å². The summed E-state index contributed by atoms with van der Waals surface area (Å²) < 4.78 is 10.8. The molecular formula is C23H26Cl2N2O3. The molecule has 2 bridgehead atoms. The van der Waals surface area contributed by atoms with Crippen LogP contribution < -0.4 is 14.4 Å². The third-order valence-corrected chi connectivity index (χ3v) is 6.18. The van der Waals surface area contributed by atoms with Crippen LogP contribution in [-0.2, 0) is 0 Å². The first-order chi connectivity index (χ1) is 14.0. The molecule has 0 radical (unpaired) electrons. The fraction of sp³-hybridized carbons (Fsp3) is 0.348. The summed E-state index contributed by atoms with van der Waals surface area (Å²) in [4.78, 5) is 17.8. The van der Waals surface area contributed by atoms with Crippen molar-refractivity contribution in [3.8, 4) is 11.5 Å². The van der Waals surface area contributed by atoms with E-state index in [0.717, 1.165) is 30.6 Å². The van der Waals surface area contributed by atoms with Crippen molar-refractivity contribution in [2.75, 3.05) is 26.2 Å². The Hall–Kier alpha value is -2.21. The summed E-state index contributed by atoms with van der Waals surface area (Å²) in [6.07, 6.45) is 5.34. The van der Waals surface area contributed by atoms with Gasteiger partial charge >= 0.3 is 0 Å². The van der Waals surface area contributed by atoms with Gasteiger partial charge in [-0.3, -0.25) is 14.6 Å². The van der Waals surface area contributed by atoms with Crippen LogP contribution >= 0.6 is 24.0 Å². The first kappa shape index (κ1) is 22.5. The smallest absolute Gasteiger partial charge is 0.262 e. The number of methoxy groups -OCH3 is 2. The molecule has 2 heterocycles. The third-order valence-electron chi connectivity index (χ3n) is 5.93. The van der Waals surface area contributed by atoms with Crippen LogP contribution in [0.25, 0.3) is 0 Å². The van der Waals surface area contributed by atoms with Gasteiger partial charge in [0.1, 0.15) is 0 Å². The number of likely N-dealkylation sites (N-methyl/N-ethyl adjacent to an activating group) is 1. The number of halogens is 2. The zero-order valence-electron chi connectivity index (χ0n) is 17.3. The van der Waals surface area contributed by atoms with Crippen LogP contribution in [-0.4, -0.2) is 44.2 Å². The average molecular weight is 449 g/mol. The van der Waals surface area contributed by atoms with Crippen LogP contribution in [0, 0.1) is 0 Å². The van der Waals surface area contributed by atoms with Gasteiger partial charge in [-0.2, -0.15) is 0 Å². The number of benzene rings is 2. The number of carbonyl (C=O) groups is 1. The molecular weight excluding hydrogens is 423 g/mol. The Morgan fingerprint density at radius 2 is 1.77 bits per heavy atom. The van der Waals surface area contributed by atoms with E-state index in [1.807, 2.05) is 23.1 Å². The van der Waals surface area contributed by atoms with Gasteiger partial charge in [-0.25, -0.2) is 0 Å². The fourth-order valence-electron chi connectivity index (χ4n) is 4.28. The second kappa shape index (κ2) is 9.29. The highest BCUT2D eigenvalue weighted by atomic mass is 35.5. The summed E-state index contributed by atoms with van der Waals surface area (Å²) >= 11 is 6.02. The minimum absolute atomic E-state index is 0. The number of fused-ring (bicyclic) bond motifs is 2. The van der Waals surface area contributed by atoms with Gasteiger partial charge in [0.2, 0.25) is 0 Å². The minimum Gasteiger partial charge on any atom is -0.493 e. The minimum atomic E-state index is -0.0795. The van der Waals surface area contributed by atoms with Gasteiger partial charge in [-0.15, -0.1) is 12.4 Å². The molecule has 4 rings (SSSR count). The lowest BCUT2D eigenvalue weighted by Crippen LogP contribution is -2.40. The third kappa shape index (κ3) is 4.15. The molecule has 2 aliphatic heterocycles. The molecule has 0 N–H and O–H groups in total. The first-order valence-corrected chi connectivity index (χ1v) is 10.1. The molecule has 2 aromatic rings. The zero-order chi connectivity index (χ0) is 20.5. The van der Waals surface area contributed by atoms with E-state index < -0.39 is 0 Å². The fourth-order valence-corrected chi connectivity index (χ4v) is 4.41. The van der Waals surface area contributed by atoms with Crippen LogP contribution in [0.15, 0.2) is 54.2 Å². The highest BCUT2D eigenvalue weighted by molar-refractivity contribution is 6.30. The van der Waals surface area contributed by atoms with Crippen LogP contribution in [0.1, 0.15) is 29.6 Å². The van der Waals surface area contributed by atoms with E-state index in [2.05, 4.69) is 18.0 Å². The lowest BCUT2D eigenvalue weighted by Gasteiger charge is -2.35. The van der Waals surface area contributed by atoms with Crippen LogP contribution in [0.4, 0.5) is 5.69 Å². The lowest BCUT2D eigenvalue weighted by molar-refractivity contribution is 0.0991. The van der Waals surface area contributed by atoms with E-state index in [0.29, 0.717) is 34.2 Å². The van der Waals surface area contributed by atoms with Crippen LogP contribution in [0.2, 0.25) is 5.02 Å². The Bertz CT molecular complexity index is 946. The monoisotopic (exact) mass is 448 g/mol. The van der Waals surface area contributed by atoms with E-state index in [9.17, 15) is 4.79 Å². The molecule has 160 valence electrons. The number of nitrogens with zero attached hydrogens (tertiary/aromatic N) is 2. The quantitative estimate of drug-likeness (QED) is 0.631. The molecule has 0 aliphatic carbocycles. The van der Waals surface area contributed by atoms with Crippen molar-refractivity contribution in [3.63, 3.8) is 0 Å². The predicted molar refractivity (Wildman–Crippen MR) is 122 cm³/mol. The Labute approximate surface area is 188 Å². The summed E-state index contributed by atoms with van der Waals surface area (Å²) in [6.45, 7) is 0. The second-order valence-corrected chi connectivity index (χ2v) is 7.95. The van der Waals surface area contributed by atoms with E-state index in [1.54, 1.807) is 38.5 Å². The molecule has 7 heteroatoms. The number of hydrogen-bond acceptors (Lipinski definition) is 4. The first-order valence-electron chi connectivity index (χ1n) is 9.76. The number of amides is 1. The topological polar surface area (TPSA) is 42.0 Å². The maximum Gasteiger partial charge on any atom is 0.262 e. The number of carbonyl (C=O) groups excluding carboxylic acids is 1. The van der Waals surface area contributed by atoms with E-state index in [-0.39, 0.29) is 18.3 Å². The van der Waals surface area contributed by atoms with E-state index in [1.165, 1.54) is 0 Å². The Balaban J connectivity index is 0.00000256. The molecule has 2 aliphatic rings. The van der Waals surface area contributed by atoms with Gasteiger partial charge in [0.15, 0.2) is 11.5 Å². The summed E-state index contributed by atoms with van der Waals surface area (Å²) in [5, 5.41) is 0.607. The highest BCUT2D eigenvalue weighted by Crippen LogP contribution is 2.39. The molecule has 5 nitrogen and oxygen atoms in total. The number of ether oxygens (including phenoxy) is 2. The van der Waals surface area contributed by atoms with Gasteiger partial charge in [0, 0.05) is 40.9 Å². The predicted octanol–water partition coefficient (Wildman–Crippen LogP) is 5.18. The molecule has 1 amide bonds. The van der Waals surface area contributed by atoms with Crippen molar-refractivity contribution in [3.05, 3.63) is 64.8 Å². The Morgan fingerprint density at radius 1 is 1.07 bits per heavy atom. The van der Waals surface area contributed by atoms with Crippen molar-refractivity contribution in [2.24, 2.45) is 0 Å². The van der Waals surface area contributed by atoms with E-state index >= 15 is 0 Å². The van der Waals surface area contributed by atoms with Crippen molar-refractivity contribution >= 4 is 35.6 Å². The summed E-state index contributed by atoms with van der Waals surface area (Å²) in [5.74, 6) is 1.15. The summed E-state index contributed by atoms with van der Waals surface area (Å²) in [7, 11) is 5.37. The van der Waals surface area contributed by atoms with Gasteiger partial charge in [0.25, 0.3) is 5.91 Å². The van der Waals surface area contributed by atoms with Crippen molar-refractivity contribution in [1.29, 1.82) is 0 Å². The molecule has 1 saturated heterocycles. The molecule has 0 saturated carbocycles. The summed E-state index contributed by atoms with van der Waals surface area (Å²) in [6, 6.07) is 13.4. The van der Waals surface area contributed by atoms with Gasteiger partial charge in [0.05, 0.1) is 19.9 Å². The van der Waals surface area contributed by atoms with E-state index in [4.69, 9.17) is 21.1 Å². The maximum absolute atomic E-state index is 13.6.